The Morgan fingerprint density at radius 3 is 2.20 bits per heavy atom. The quantitative estimate of drug-likeness (QED) is 0.790. The number of aromatic nitrogens is 2. The minimum Gasteiger partial charge on any atom is -0.421 e. The van der Waals surface area contributed by atoms with Crippen molar-refractivity contribution in [3.8, 4) is 22.6 Å². The Hall–Kier alpha value is -2.46. The minimum absolute atomic E-state index is 0.00658. The van der Waals surface area contributed by atoms with Crippen LogP contribution in [0.15, 0.2) is 52.9 Å². The highest BCUT2D eigenvalue weighted by atomic mass is 16.4. The van der Waals surface area contributed by atoms with Gasteiger partial charge in [0.25, 0.3) is 0 Å². The van der Waals surface area contributed by atoms with Crippen LogP contribution in [0, 0.1) is 6.92 Å². The maximum Gasteiger partial charge on any atom is 0.248 e. The normalized spacial score (nSPS) is 10.7. The van der Waals surface area contributed by atoms with Gasteiger partial charge in [-0.2, -0.15) is 0 Å². The summed E-state index contributed by atoms with van der Waals surface area (Å²) in [5.74, 6) is 1.02. The molecule has 0 saturated heterocycles. The van der Waals surface area contributed by atoms with Gasteiger partial charge in [0.1, 0.15) is 0 Å². The second-order valence-electron chi connectivity index (χ2n) is 4.49. The van der Waals surface area contributed by atoms with E-state index in [-0.39, 0.29) is 6.61 Å². The molecule has 0 radical (unpaired) electrons. The van der Waals surface area contributed by atoms with Crippen LogP contribution in [0.1, 0.15) is 11.5 Å². The fraction of sp³-hybridized carbons (Fsp3) is 0.125. The molecule has 0 amide bonds. The summed E-state index contributed by atoms with van der Waals surface area (Å²) in [5, 5.41) is 17.4. The zero-order chi connectivity index (χ0) is 13.9. The molecule has 0 fully saturated rings. The van der Waals surface area contributed by atoms with E-state index in [0.29, 0.717) is 11.8 Å². The van der Waals surface area contributed by atoms with Crippen LogP contribution >= 0.6 is 0 Å². The lowest BCUT2D eigenvalue weighted by molar-refractivity contribution is 0.282. The van der Waals surface area contributed by atoms with Crippen molar-refractivity contribution in [2.24, 2.45) is 0 Å². The lowest BCUT2D eigenvalue weighted by atomic mass is 9.95. The Morgan fingerprint density at radius 1 is 0.900 bits per heavy atom. The zero-order valence-electron chi connectivity index (χ0n) is 11.1. The summed E-state index contributed by atoms with van der Waals surface area (Å²) in [4.78, 5) is 0. The lowest BCUT2D eigenvalue weighted by Gasteiger charge is -2.10. The molecule has 0 aliphatic carbocycles. The smallest absolute Gasteiger partial charge is 0.248 e. The van der Waals surface area contributed by atoms with Gasteiger partial charge in [0.2, 0.25) is 11.8 Å². The third kappa shape index (κ3) is 2.21. The van der Waals surface area contributed by atoms with E-state index in [9.17, 15) is 5.11 Å². The average Bonchev–Trinajstić information content (AvgIpc) is 2.93. The molecule has 0 aliphatic heterocycles. The first-order valence-electron chi connectivity index (χ1n) is 6.38. The maximum absolute atomic E-state index is 9.49. The van der Waals surface area contributed by atoms with Crippen molar-refractivity contribution in [1.82, 2.24) is 10.2 Å². The Bertz CT molecular complexity index is 735. The van der Waals surface area contributed by atoms with E-state index in [1.807, 2.05) is 48.5 Å². The van der Waals surface area contributed by atoms with Crippen molar-refractivity contribution >= 4 is 0 Å². The summed E-state index contributed by atoms with van der Waals surface area (Å²) < 4.78 is 5.52. The molecule has 1 heterocycles. The van der Waals surface area contributed by atoms with E-state index in [1.165, 1.54) is 0 Å². The van der Waals surface area contributed by atoms with Crippen molar-refractivity contribution < 1.29 is 9.52 Å². The third-order valence-corrected chi connectivity index (χ3v) is 3.16. The molecule has 2 aromatic carbocycles. The van der Waals surface area contributed by atoms with Crippen molar-refractivity contribution in [2.45, 2.75) is 13.5 Å². The lowest BCUT2D eigenvalue weighted by Crippen LogP contribution is -1.91. The first-order valence-corrected chi connectivity index (χ1v) is 6.38. The number of aliphatic hydroxyl groups is 1. The monoisotopic (exact) mass is 266 g/mol. The first kappa shape index (κ1) is 12.6. The Kier molecular flexibility index (Phi) is 3.31. The minimum atomic E-state index is -0.00658. The molecule has 1 aromatic heterocycles. The highest BCUT2D eigenvalue weighted by molar-refractivity contribution is 5.81. The topological polar surface area (TPSA) is 59.2 Å². The van der Waals surface area contributed by atoms with E-state index in [2.05, 4.69) is 10.2 Å². The molecule has 3 rings (SSSR count). The molecule has 1 N–H and O–H groups in total. The fourth-order valence-electron chi connectivity index (χ4n) is 2.23. The Balaban J connectivity index is 2.20. The van der Waals surface area contributed by atoms with Gasteiger partial charge in [-0.3, -0.25) is 0 Å². The van der Waals surface area contributed by atoms with Gasteiger partial charge in [0.15, 0.2) is 0 Å². The molecule has 0 atom stereocenters. The van der Waals surface area contributed by atoms with E-state index in [1.54, 1.807) is 6.92 Å². The van der Waals surface area contributed by atoms with E-state index >= 15 is 0 Å². The molecule has 0 spiro atoms. The van der Waals surface area contributed by atoms with E-state index in [0.717, 1.165) is 22.3 Å². The number of nitrogens with zero attached hydrogens (tertiary/aromatic N) is 2. The number of aliphatic hydroxyl groups excluding tert-OH is 1. The van der Waals surface area contributed by atoms with Crippen LogP contribution in [0.5, 0.6) is 0 Å². The highest BCUT2D eigenvalue weighted by Crippen LogP contribution is 2.33. The van der Waals surface area contributed by atoms with Crippen molar-refractivity contribution in [3.05, 3.63) is 60.0 Å². The highest BCUT2D eigenvalue weighted by Gasteiger charge is 2.14. The number of hydrogen-bond donors (Lipinski definition) is 1. The first-order chi connectivity index (χ1) is 9.79. The fourth-order valence-corrected chi connectivity index (χ4v) is 2.23. The summed E-state index contributed by atoms with van der Waals surface area (Å²) in [6.07, 6.45) is 0. The Morgan fingerprint density at radius 2 is 1.55 bits per heavy atom. The van der Waals surface area contributed by atoms with Crippen LogP contribution in [0.2, 0.25) is 0 Å². The predicted molar refractivity (Wildman–Crippen MR) is 75.8 cm³/mol. The van der Waals surface area contributed by atoms with Crippen LogP contribution in [0.3, 0.4) is 0 Å². The molecule has 4 heteroatoms. The molecule has 0 aliphatic rings. The van der Waals surface area contributed by atoms with Gasteiger partial charge in [0.05, 0.1) is 6.61 Å². The molecular formula is C16H14N2O2. The van der Waals surface area contributed by atoms with Crippen molar-refractivity contribution in [1.29, 1.82) is 0 Å². The molecule has 0 saturated carbocycles. The van der Waals surface area contributed by atoms with E-state index in [4.69, 9.17) is 4.42 Å². The van der Waals surface area contributed by atoms with Gasteiger partial charge >= 0.3 is 0 Å². The largest absolute Gasteiger partial charge is 0.421 e. The molecule has 0 unspecified atom stereocenters. The molecule has 4 nitrogen and oxygen atoms in total. The average molecular weight is 266 g/mol. The number of rotatable bonds is 3. The summed E-state index contributed by atoms with van der Waals surface area (Å²) in [6, 6.07) is 15.6. The van der Waals surface area contributed by atoms with Gasteiger partial charge in [-0.05, 0) is 22.8 Å². The molecule has 3 aromatic rings. The van der Waals surface area contributed by atoms with Crippen LogP contribution in [-0.4, -0.2) is 15.3 Å². The molecule has 100 valence electrons. The molecule has 0 bridgehead atoms. The summed E-state index contributed by atoms with van der Waals surface area (Å²) in [7, 11) is 0. The van der Waals surface area contributed by atoms with Gasteiger partial charge < -0.3 is 9.52 Å². The zero-order valence-corrected chi connectivity index (χ0v) is 11.1. The van der Waals surface area contributed by atoms with Crippen LogP contribution in [0.4, 0.5) is 0 Å². The van der Waals surface area contributed by atoms with Crippen LogP contribution in [0.25, 0.3) is 22.6 Å². The second kappa shape index (κ2) is 5.27. The van der Waals surface area contributed by atoms with Gasteiger partial charge in [-0.15, -0.1) is 10.2 Å². The van der Waals surface area contributed by atoms with Gasteiger partial charge in [-0.1, -0.05) is 42.5 Å². The summed E-state index contributed by atoms with van der Waals surface area (Å²) >= 11 is 0. The molecular weight excluding hydrogens is 252 g/mol. The van der Waals surface area contributed by atoms with Crippen molar-refractivity contribution in [2.75, 3.05) is 0 Å². The predicted octanol–water partition coefficient (Wildman–Crippen LogP) is 3.20. The van der Waals surface area contributed by atoms with Crippen LogP contribution < -0.4 is 0 Å². The van der Waals surface area contributed by atoms with Crippen molar-refractivity contribution in [3.63, 3.8) is 0 Å². The van der Waals surface area contributed by atoms with E-state index < -0.39 is 0 Å². The van der Waals surface area contributed by atoms with Gasteiger partial charge in [-0.25, -0.2) is 0 Å². The van der Waals surface area contributed by atoms with Gasteiger partial charge in [0, 0.05) is 12.5 Å². The molecule has 20 heavy (non-hydrogen) atoms. The number of hydrogen-bond acceptors (Lipinski definition) is 4. The number of aryl methyl sites for hydroxylation is 1. The third-order valence-electron chi connectivity index (χ3n) is 3.16. The SMILES string of the molecule is Cc1nnc(-c2ccccc2-c2ccccc2CO)o1. The number of benzene rings is 2. The Labute approximate surface area is 116 Å². The maximum atomic E-state index is 9.49. The summed E-state index contributed by atoms with van der Waals surface area (Å²) in [5.41, 5.74) is 3.69. The van der Waals surface area contributed by atoms with Crippen LogP contribution in [-0.2, 0) is 6.61 Å². The standard InChI is InChI=1S/C16H14N2O2/c1-11-17-18-16(20-11)15-9-5-4-8-14(15)13-7-3-2-6-12(13)10-19/h2-9,19H,10H2,1H3. The second-order valence-corrected chi connectivity index (χ2v) is 4.49. The summed E-state index contributed by atoms with van der Waals surface area (Å²) in [6.45, 7) is 1.76.